The number of likely N-dealkylation sites (N-methyl/N-ethyl adjacent to an activating group) is 1. The molecule has 1 heterocycles. The lowest BCUT2D eigenvalue weighted by Crippen LogP contribution is -3.06. The molecule has 0 aliphatic rings. The molecule has 5 nitrogen and oxygen atoms in total. The molecule has 0 aliphatic carbocycles. The van der Waals surface area contributed by atoms with Gasteiger partial charge in [0, 0.05) is 0 Å². The molecule has 0 fully saturated rings. The van der Waals surface area contributed by atoms with Crippen LogP contribution >= 0.6 is 11.6 Å². The van der Waals surface area contributed by atoms with Crippen LogP contribution in [0.4, 0.5) is 5.69 Å². The Balaban J connectivity index is 2.59. The van der Waals surface area contributed by atoms with Gasteiger partial charge in [-0.1, -0.05) is 11.6 Å². The summed E-state index contributed by atoms with van der Waals surface area (Å²) in [4.78, 5) is 12.4. The van der Waals surface area contributed by atoms with E-state index in [0.29, 0.717) is 5.69 Å². The average molecular weight is 218 g/mol. The number of nitrogens with one attached hydrogen (secondary N) is 3. The highest BCUT2D eigenvalue weighted by molar-refractivity contribution is 6.32. The van der Waals surface area contributed by atoms with Crippen LogP contribution in [0.25, 0.3) is 0 Å². The summed E-state index contributed by atoms with van der Waals surface area (Å²) in [6.45, 7) is 1.70. The van der Waals surface area contributed by atoms with Crippen LogP contribution in [0.2, 0.25) is 5.02 Å². The quantitative estimate of drug-likeness (QED) is 0.605. The number of anilines is 1. The van der Waals surface area contributed by atoms with Crippen molar-refractivity contribution < 1.29 is 4.90 Å². The molecule has 3 N–H and O–H groups in total. The zero-order chi connectivity index (χ0) is 10.6. The molecule has 0 saturated heterocycles. The second-order valence-corrected chi connectivity index (χ2v) is 3.69. The summed E-state index contributed by atoms with van der Waals surface area (Å²) in [6, 6.07) is 0. The van der Waals surface area contributed by atoms with Gasteiger partial charge in [0.25, 0.3) is 5.56 Å². The lowest BCUT2D eigenvalue weighted by molar-refractivity contribution is -0.856. The SMILES string of the molecule is C[NH+](C)CCNc1cn[nH]c(=O)c1Cl. The van der Waals surface area contributed by atoms with Gasteiger partial charge in [-0.2, -0.15) is 5.10 Å². The van der Waals surface area contributed by atoms with E-state index in [4.69, 9.17) is 11.6 Å². The zero-order valence-corrected chi connectivity index (χ0v) is 8.98. The van der Waals surface area contributed by atoms with Crippen molar-refractivity contribution in [2.75, 3.05) is 32.5 Å². The second kappa shape index (κ2) is 4.97. The highest BCUT2D eigenvalue weighted by Gasteiger charge is 2.04. The van der Waals surface area contributed by atoms with Crippen LogP contribution in [0.5, 0.6) is 0 Å². The van der Waals surface area contributed by atoms with Crippen LogP contribution in [-0.4, -0.2) is 37.4 Å². The molecular weight excluding hydrogens is 204 g/mol. The van der Waals surface area contributed by atoms with Gasteiger partial charge in [0.1, 0.15) is 5.02 Å². The Kier molecular flexibility index (Phi) is 3.91. The number of quaternary nitrogens is 1. The van der Waals surface area contributed by atoms with Crippen LogP contribution in [-0.2, 0) is 0 Å². The van der Waals surface area contributed by atoms with E-state index in [2.05, 4.69) is 29.6 Å². The third-order valence-corrected chi connectivity index (χ3v) is 2.11. The van der Waals surface area contributed by atoms with Crippen molar-refractivity contribution in [3.05, 3.63) is 21.6 Å². The Hall–Kier alpha value is -1.07. The average Bonchev–Trinajstić information content (AvgIpc) is 2.12. The zero-order valence-electron chi connectivity index (χ0n) is 8.22. The predicted molar refractivity (Wildman–Crippen MR) is 56.0 cm³/mol. The number of hydrogen-bond acceptors (Lipinski definition) is 3. The summed E-state index contributed by atoms with van der Waals surface area (Å²) < 4.78 is 0. The van der Waals surface area contributed by atoms with E-state index in [0.717, 1.165) is 13.1 Å². The molecule has 0 bridgehead atoms. The van der Waals surface area contributed by atoms with Gasteiger partial charge in [-0.3, -0.25) is 4.79 Å². The van der Waals surface area contributed by atoms with Gasteiger partial charge in [0.2, 0.25) is 0 Å². The normalized spacial score (nSPS) is 10.6. The molecule has 0 amide bonds. The molecule has 78 valence electrons. The number of rotatable bonds is 4. The second-order valence-electron chi connectivity index (χ2n) is 3.31. The van der Waals surface area contributed by atoms with Gasteiger partial charge in [0.15, 0.2) is 0 Å². The van der Waals surface area contributed by atoms with Gasteiger partial charge < -0.3 is 10.2 Å². The van der Waals surface area contributed by atoms with Crippen molar-refractivity contribution in [3.63, 3.8) is 0 Å². The third kappa shape index (κ3) is 3.01. The number of nitrogens with zero attached hydrogens (tertiary/aromatic N) is 1. The standard InChI is InChI=1S/C8H13ClN4O/c1-13(2)4-3-10-6-5-11-12-8(14)7(6)9/h5H,3-4H2,1-2H3,(H2,10,12,14)/p+1. The molecule has 0 atom stereocenters. The molecule has 0 saturated carbocycles. The third-order valence-electron chi connectivity index (χ3n) is 1.74. The van der Waals surface area contributed by atoms with Gasteiger partial charge in [0.05, 0.1) is 39.1 Å². The topological polar surface area (TPSA) is 62.2 Å². The molecule has 0 spiro atoms. The van der Waals surface area contributed by atoms with E-state index < -0.39 is 0 Å². The van der Waals surface area contributed by atoms with Gasteiger partial charge in [-0.15, -0.1) is 0 Å². The Morgan fingerprint density at radius 2 is 2.36 bits per heavy atom. The lowest BCUT2D eigenvalue weighted by atomic mass is 10.4. The summed E-state index contributed by atoms with van der Waals surface area (Å²) in [6.07, 6.45) is 1.51. The molecule has 0 aliphatic heterocycles. The first-order valence-electron chi connectivity index (χ1n) is 4.37. The van der Waals surface area contributed by atoms with Crippen LogP contribution in [0.15, 0.2) is 11.0 Å². The fourth-order valence-corrected chi connectivity index (χ4v) is 1.11. The Morgan fingerprint density at radius 1 is 1.64 bits per heavy atom. The van der Waals surface area contributed by atoms with Gasteiger partial charge in [-0.05, 0) is 0 Å². The summed E-state index contributed by atoms with van der Waals surface area (Å²) >= 11 is 5.76. The molecule has 14 heavy (non-hydrogen) atoms. The number of aromatic nitrogens is 2. The predicted octanol–water partition coefficient (Wildman–Crippen LogP) is -1.02. The van der Waals surface area contributed by atoms with Crippen molar-refractivity contribution in [1.29, 1.82) is 0 Å². The maximum absolute atomic E-state index is 11.0. The molecule has 1 rings (SSSR count). The Labute approximate surface area is 87.1 Å². The summed E-state index contributed by atoms with van der Waals surface area (Å²) in [5, 5.41) is 9.12. The van der Waals surface area contributed by atoms with E-state index in [1.54, 1.807) is 0 Å². The van der Waals surface area contributed by atoms with E-state index >= 15 is 0 Å². The van der Waals surface area contributed by atoms with Crippen molar-refractivity contribution >= 4 is 17.3 Å². The number of H-pyrrole nitrogens is 1. The van der Waals surface area contributed by atoms with Gasteiger partial charge in [-0.25, -0.2) is 5.10 Å². The maximum Gasteiger partial charge on any atom is 0.285 e. The molecule has 1 aromatic rings. The molecule has 0 aromatic carbocycles. The number of halogens is 1. The highest BCUT2D eigenvalue weighted by Crippen LogP contribution is 2.13. The Bertz CT molecular complexity index is 349. The number of aromatic amines is 1. The van der Waals surface area contributed by atoms with Crippen molar-refractivity contribution in [2.24, 2.45) is 0 Å². The molecule has 6 heteroatoms. The highest BCUT2D eigenvalue weighted by atomic mass is 35.5. The molecule has 0 radical (unpaired) electrons. The maximum atomic E-state index is 11.0. The minimum Gasteiger partial charge on any atom is -0.377 e. The molecule has 1 aromatic heterocycles. The van der Waals surface area contributed by atoms with Crippen molar-refractivity contribution in [3.8, 4) is 0 Å². The first-order valence-corrected chi connectivity index (χ1v) is 4.75. The monoisotopic (exact) mass is 217 g/mol. The van der Waals surface area contributed by atoms with Crippen LogP contribution in [0.3, 0.4) is 0 Å². The largest absolute Gasteiger partial charge is 0.377 e. The van der Waals surface area contributed by atoms with E-state index in [1.165, 1.54) is 11.1 Å². The van der Waals surface area contributed by atoms with E-state index in [9.17, 15) is 4.79 Å². The van der Waals surface area contributed by atoms with Gasteiger partial charge >= 0.3 is 0 Å². The Morgan fingerprint density at radius 3 is 3.00 bits per heavy atom. The van der Waals surface area contributed by atoms with E-state index in [1.807, 2.05) is 0 Å². The van der Waals surface area contributed by atoms with E-state index in [-0.39, 0.29) is 10.6 Å². The van der Waals surface area contributed by atoms with Crippen LogP contribution < -0.4 is 15.8 Å². The fourth-order valence-electron chi connectivity index (χ4n) is 0.954. The molecular formula is C8H14ClN4O+. The minimum atomic E-state index is -0.367. The number of hydrogen-bond donors (Lipinski definition) is 3. The summed E-state index contributed by atoms with van der Waals surface area (Å²) in [5.74, 6) is 0. The van der Waals surface area contributed by atoms with Crippen LogP contribution in [0, 0.1) is 0 Å². The first kappa shape index (κ1) is 11.0. The summed E-state index contributed by atoms with van der Waals surface area (Å²) in [5.41, 5.74) is 0.213. The smallest absolute Gasteiger partial charge is 0.285 e. The minimum absolute atomic E-state index is 0.161. The molecule has 0 unspecified atom stereocenters. The van der Waals surface area contributed by atoms with Crippen molar-refractivity contribution in [2.45, 2.75) is 0 Å². The fraction of sp³-hybridized carbons (Fsp3) is 0.500. The van der Waals surface area contributed by atoms with Crippen LogP contribution in [0.1, 0.15) is 0 Å². The lowest BCUT2D eigenvalue weighted by Gasteiger charge is -2.09. The van der Waals surface area contributed by atoms with Crippen molar-refractivity contribution in [1.82, 2.24) is 10.2 Å². The first-order chi connectivity index (χ1) is 6.61. The summed E-state index contributed by atoms with van der Waals surface area (Å²) in [7, 11) is 4.11.